The molecule has 0 saturated carbocycles. The van der Waals surface area contributed by atoms with Crippen molar-refractivity contribution >= 4 is 5.82 Å². The van der Waals surface area contributed by atoms with Crippen LogP contribution in [-0.2, 0) is 11.3 Å². The molecule has 0 aromatic carbocycles. The van der Waals surface area contributed by atoms with Crippen LogP contribution >= 0.6 is 0 Å². The van der Waals surface area contributed by atoms with Gasteiger partial charge in [-0.25, -0.2) is 4.98 Å². The summed E-state index contributed by atoms with van der Waals surface area (Å²) in [7, 11) is 0. The van der Waals surface area contributed by atoms with E-state index < -0.39 is 0 Å². The Morgan fingerprint density at radius 1 is 1.40 bits per heavy atom. The predicted octanol–water partition coefficient (Wildman–Crippen LogP) is 0.685. The molecule has 15 heavy (non-hydrogen) atoms. The number of anilines is 1. The van der Waals surface area contributed by atoms with Crippen LogP contribution < -0.4 is 10.6 Å². The van der Waals surface area contributed by atoms with E-state index in [1.54, 1.807) is 0 Å². The van der Waals surface area contributed by atoms with Crippen LogP contribution in [0.25, 0.3) is 0 Å². The molecule has 2 N–H and O–H groups in total. The largest absolute Gasteiger partial charge is 0.378 e. The van der Waals surface area contributed by atoms with Crippen molar-refractivity contribution in [2.45, 2.75) is 13.5 Å². The first kappa shape index (κ1) is 10.4. The number of morpholine rings is 1. The van der Waals surface area contributed by atoms with Gasteiger partial charge in [0.1, 0.15) is 5.82 Å². The Labute approximate surface area is 90.0 Å². The molecule has 4 heteroatoms. The second kappa shape index (κ2) is 4.59. The Hall–Kier alpha value is -1.13. The van der Waals surface area contributed by atoms with E-state index in [0.29, 0.717) is 6.54 Å². The third-order valence-corrected chi connectivity index (χ3v) is 2.63. The molecule has 0 unspecified atom stereocenters. The summed E-state index contributed by atoms with van der Waals surface area (Å²) in [5.41, 5.74) is 7.86. The van der Waals surface area contributed by atoms with E-state index in [-0.39, 0.29) is 0 Å². The van der Waals surface area contributed by atoms with Gasteiger partial charge in [-0.3, -0.25) is 0 Å². The molecule has 1 fully saturated rings. The van der Waals surface area contributed by atoms with Crippen molar-refractivity contribution in [1.29, 1.82) is 0 Å². The van der Waals surface area contributed by atoms with Crippen LogP contribution in [0.2, 0.25) is 0 Å². The van der Waals surface area contributed by atoms with E-state index in [2.05, 4.69) is 16.0 Å². The van der Waals surface area contributed by atoms with Gasteiger partial charge < -0.3 is 15.4 Å². The van der Waals surface area contributed by atoms with Gasteiger partial charge in [0.15, 0.2) is 0 Å². The lowest BCUT2D eigenvalue weighted by molar-refractivity contribution is 0.122. The van der Waals surface area contributed by atoms with Gasteiger partial charge in [-0.2, -0.15) is 0 Å². The van der Waals surface area contributed by atoms with E-state index in [1.165, 1.54) is 0 Å². The van der Waals surface area contributed by atoms with E-state index in [1.807, 2.05) is 13.0 Å². The van der Waals surface area contributed by atoms with Crippen LogP contribution in [0.4, 0.5) is 5.82 Å². The average molecular weight is 207 g/mol. The van der Waals surface area contributed by atoms with E-state index in [4.69, 9.17) is 10.5 Å². The van der Waals surface area contributed by atoms with Crippen molar-refractivity contribution in [2.24, 2.45) is 5.73 Å². The Bertz CT molecular complexity index is 335. The molecule has 1 aromatic heterocycles. The Balaban J connectivity index is 2.27. The summed E-state index contributed by atoms with van der Waals surface area (Å²) in [6.07, 6.45) is 0. The van der Waals surface area contributed by atoms with Crippen molar-refractivity contribution in [3.63, 3.8) is 0 Å². The van der Waals surface area contributed by atoms with Crippen LogP contribution in [0.5, 0.6) is 0 Å². The first-order valence-electron chi connectivity index (χ1n) is 5.30. The molecule has 1 saturated heterocycles. The highest BCUT2D eigenvalue weighted by molar-refractivity contribution is 5.48. The van der Waals surface area contributed by atoms with Crippen LogP contribution in [0.1, 0.15) is 11.3 Å². The summed E-state index contributed by atoms with van der Waals surface area (Å²) >= 11 is 0. The fourth-order valence-electron chi connectivity index (χ4n) is 1.78. The number of aromatic nitrogens is 1. The maximum atomic E-state index is 5.71. The second-order valence-electron chi connectivity index (χ2n) is 3.74. The highest BCUT2D eigenvalue weighted by Crippen LogP contribution is 2.19. The first-order valence-corrected chi connectivity index (χ1v) is 5.30. The fourth-order valence-corrected chi connectivity index (χ4v) is 1.78. The van der Waals surface area contributed by atoms with Crippen molar-refractivity contribution in [3.8, 4) is 0 Å². The lowest BCUT2D eigenvalue weighted by Crippen LogP contribution is -2.37. The summed E-state index contributed by atoms with van der Waals surface area (Å²) in [6, 6.07) is 4.07. The molecule has 0 atom stereocenters. The number of hydrogen-bond acceptors (Lipinski definition) is 4. The standard InChI is InChI=1S/C11H17N3O/c1-9-2-3-10(8-12)11(13-9)14-4-6-15-7-5-14/h2-3H,4-8,12H2,1H3. The molecular formula is C11H17N3O. The third kappa shape index (κ3) is 2.27. The number of ether oxygens (including phenoxy) is 1. The van der Waals surface area contributed by atoms with Gasteiger partial charge in [0.2, 0.25) is 0 Å². The van der Waals surface area contributed by atoms with Gasteiger partial charge in [0.25, 0.3) is 0 Å². The summed E-state index contributed by atoms with van der Waals surface area (Å²) in [5.74, 6) is 1.03. The van der Waals surface area contributed by atoms with Gasteiger partial charge >= 0.3 is 0 Å². The number of rotatable bonds is 2. The molecule has 0 radical (unpaired) electrons. The second-order valence-corrected chi connectivity index (χ2v) is 3.74. The number of pyridine rings is 1. The predicted molar refractivity (Wildman–Crippen MR) is 59.9 cm³/mol. The van der Waals surface area contributed by atoms with Crippen LogP contribution in [0.15, 0.2) is 12.1 Å². The zero-order valence-corrected chi connectivity index (χ0v) is 9.07. The molecule has 1 aliphatic heterocycles. The SMILES string of the molecule is Cc1ccc(CN)c(N2CCOCC2)n1. The molecule has 0 spiro atoms. The first-order chi connectivity index (χ1) is 7.31. The van der Waals surface area contributed by atoms with Crippen LogP contribution in [0, 0.1) is 6.92 Å². The Morgan fingerprint density at radius 3 is 2.80 bits per heavy atom. The molecule has 4 nitrogen and oxygen atoms in total. The minimum atomic E-state index is 0.542. The topological polar surface area (TPSA) is 51.4 Å². The van der Waals surface area contributed by atoms with Crippen molar-refractivity contribution in [1.82, 2.24) is 4.98 Å². The van der Waals surface area contributed by atoms with Crippen molar-refractivity contribution < 1.29 is 4.74 Å². The quantitative estimate of drug-likeness (QED) is 0.775. The molecule has 2 heterocycles. The molecule has 1 aromatic rings. The summed E-state index contributed by atoms with van der Waals surface area (Å²) in [5, 5.41) is 0. The van der Waals surface area contributed by atoms with Gasteiger partial charge in [-0.05, 0) is 13.0 Å². The van der Waals surface area contributed by atoms with Crippen LogP contribution in [0.3, 0.4) is 0 Å². The molecular weight excluding hydrogens is 190 g/mol. The number of aryl methyl sites for hydroxylation is 1. The van der Waals surface area contributed by atoms with Crippen molar-refractivity contribution in [3.05, 3.63) is 23.4 Å². The number of nitrogens with zero attached hydrogens (tertiary/aromatic N) is 2. The Morgan fingerprint density at radius 2 is 2.13 bits per heavy atom. The minimum absolute atomic E-state index is 0.542. The van der Waals surface area contributed by atoms with Gasteiger partial charge in [0.05, 0.1) is 13.2 Å². The smallest absolute Gasteiger partial charge is 0.133 e. The number of hydrogen-bond donors (Lipinski definition) is 1. The summed E-state index contributed by atoms with van der Waals surface area (Å²) in [6.45, 7) is 5.91. The molecule has 0 aliphatic carbocycles. The van der Waals surface area contributed by atoms with Crippen LogP contribution in [-0.4, -0.2) is 31.3 Å². The molecule has 82 valence electrons. The fraction of sp³-hybridized carbons (Fsp3) is 0.545. The maximum Gasteiger partial charge on any atom is 0.133 e. The van der Waals surface area contributed by atoms with E-state index in [0.717, 1.165) is 43.4 Å². The highest BCUT2D eigenvalue weighted by atomic mass is 16.5. The van der Waals surface area contributed by atoms with Gasteiger partial charge in [0, 0.05) is 30.9 Å². The molecule has 1 aliphatic rings. The van der Waals surface area contributed by atoms with Crippen molar-refractivity contribution in [2.75, 3.05) is 31.2 Å². The summed E-state index contributed by atoms with van der Waals surface area (Å²) in [4.78, 5) is 6.81. The maximum absolute atomic E-state index is 5.71. The zero-order chi connectivity index (χ0) is 10.7. The minimum Gasteiger partial charge on any atom is -0.378 e. The van der Waals surface area contributed by atoms with E-state index in [9.17, 15) is 0 Å². The summed E-state index contributed by atoms with van der Waals surface area (Å²) < 4.78 is 5.32. The third-order valence-electron chi connectivity index (χ3n) is 2.63. The molecule has 0 amide bonds. The number of nitrogens with two attached hydrogens (primary N) is 1. The molecule has 0 bridgehead atoms. The van der Waals surface area contributed by atoms with Gasteiger partial charge in [-0.15, -0.1) is 0 Å². The lowest BCUT2D eigenvalue weighted by Gasteiger charge is -2.29. The van der Waals surface area contributed by atoms with Gasteiger partial charge in [-0.1, -0.05) is 6.07 Å². The highest BCUT2D eigenvalue weighted by Gasteiger charge is 2.15. The van der Waals surface area contributed by atoms with E-state index >= 15 is 0 Å². The zero-order valence-electron chi connectivity index (χ0n) is 9.07. The lowest BCUT2D eigenvalue weighted by atomic mass is 10.2. The normalized spacial score (nSPS) is 16.8. The monoisotopic (exact) mass is 207 g/mol. The average Bonchev–Trinajstić information content (AvgIpc) is 2.30. The molecule has 2 rings (SSSR count). The Kier molecular flexibility index (Phi) is 3.18.